The normalized spacial score (nSPS) is 11.6. The number of sulfonamides is 1. The van der Waals surface area contributed by atoms with Gasteiger partial charge in [0.05, 0.1) is 0 Å². The summed E-state index contributed by atoms with van der Waals surface area (Å²) in [6.07, 6.45) is 0.713. The molecule has 0 amide bonds. The molecule has 0 aliphatic carbocycles. The minimum atomic E-state index is -3.75. The molecule has 0 saturated heterocycles. The van der Waals surface area contributed by atoms with E-state index in [-0.39, 0.29) is 5.09 Å². The molecule has 0 unspecified atom stereocenters. The summed E-state index contributed by atoms with van der Waals surface area (Å²) < 4.78 is 30.5. The lowest BCUT2D eigenvalue weighted by Gasteiger charge is -2.03. The maximum Gasteiger partial charge on any atom is 0.371 e. The van der Waals surface area contributed by atoms with Crippen LogP contribution in [-0.4, -0.2) is 37.5 Å². The highest BCUT2D eigenvalue weighted by Gasteiger charge is 2.20. The Morgan fingerprint density at radius 2 is 2.22 bits per heavy atom. The average Bonchev–Trinajstić information content (AvgIpc) is 2.78. The van der Waals surface area contributed by atoms with Gasteiger partial charge in [-0.05, 0) is 30.1 Å². The Bertz CT molecular complexity index is 494. The molecule has 1 aromatic rings. The Balaban J connectivity index is 2.54. The zero-order chi connectivity index (χ0) is 13.6. The van der Waals surface area contributed by atoms with Crippen LogP contribution in [0, 0.1) is 0 Å². The summed E-state index contributed by atoms with van der Waals surface area (Å²) in [6, 6.07) is 2.25. The third-order valence-corrected chi connectivity index (χ3v) is 4.34. The smallest absolute Gasteiger partial charge is 0.371 e. The Labute approximate surface area is 110 Å². The second-order valence-corrected chi connectivity index (χ2v) is 6.46. The molecule has 0 spiro atoms. The van der Waals surface area contributed by atoms with Crippen LogP contribution in [0.2, 0.25) is 0 Å². The topological polar surface area (TPSA) is 96.6 Å². The molecule has 6 nitrogen and oxygen atoms in total. The number of hydrogen-bond acceptors (Lipinski definition) is 5. The molecule has 0 bridgehead atoms. The van der Waals surface area contributed by atoms with Gasteiger partial charge in [-0.3, -0.25) is 0 Å². The van der Waals surface area contributed by atoms with Crippen molar-refractivity contribution in [2.75, 3.05) is 18.1 Å². The molecule has 0 aliphatic heterocycles. The first-order valence-electron chi connectivity index (χ1n) is 5.38. The van der Waals surface area contributed by atoms with Crippen molar-refractivity contribution in [1.82, 2.24) is 4.72 Å². The first kappa shape index (κ1) is 15.1. The summed E-state index contributed by atoms with van der Waals surface area (Å²) in [5.74, 6) is 0.178. The fourth-order valence-electron chi connectivity index (χ4n) is 1.18. The lowest BCUT2D eigenvalue weighted by atomic mass is 10.5. The highest BCUT2D eigenvalue weighted by atomic mass is 32.2. The molecule has 102 valence electrons. The van der Waals surface area contributed by atoms with Gasteiger partial charge in [0.25, 0.3) is 10.0 Å². The van der Waals surface area contributed by atoms with E-state index in [0.717, 1.165) is 23.6 Å². The molecule has 2 N–H and O–H groups in total. The lowest BCUT2D eigenvalue weighted by Crippen LogP contribution is -2.24. The van der Waals surface area contributed by atoms with E-state index in [1.165, 1.54) is 0 Å². The van der Waals surface area contributed by atoms with Gasteiger partial charge in [0.2, 0.25) is 10.9 Å². The van der Waals surface area contributed by atoms with E-state index in [2.05, 4.69) is 4.72 Å². The molecule has 0 radical (unpaired) electrons. The molecule has 18 heavy (non-hydrogen) atoms. The fraction of sp³-hybridized carbons (Fsp3) is 0.500. The number of furan rings is 1. The molecule has 1 aromatic heterocycles. The summed E-state index contributed by atoms with van der Waals surface area (Å²) in [5.41, 5.74) is 0. The van der Waals surface area contributed by atoms with Crippen molar-refractivity contribution >= 4 is 27.8 Å². The van der Waals surface area contributed by atoms with E-state index >= 15 is 0 Å². The van der Waals surface area contributed by atoms with Crippen molar-refractivity contribution in [1.29, 1.82) is 0 Å². The quantitative estimate of drug-likeness (QED) is 0.703. The Kier molecular flexibility index (Phi) is 5.70. The number of thioether (sulfide) groups is 1. The molecular formula is C10H15NO5S2. The third kappa shape index (κ3) is 4.35. The van der Waals surface area contributed by atoms with Crippen LogP contribution in [-0.2, 0) is 10.0 Å². The first-order chi connectivity index (χ1) is 8.47. The zero-order valence-corrected chi connectivity index (χ0v) is 11.5. The van der Waals surface area contributed by atoms with Gasteiger partial charge in [-0.15, -0.1) is 0 Å². The third-order valence-electron chi connectivity index (χ3n) is 2.02. The van der Waals surface area contributed by atoms with Crippen molar-refractivity contribution < 1.29 is 22.7 Å². The van der Waals surface area contributed by atoms with Gasteiger partial charge < -0.3 is 9.52 Å². The predicted molar refractivity (Wildman–Crippen MR) is 68.5 cm³/mol. The van der Waals surface area contributed by atoms with Crippen molar-refractivity contribution in [3.63, 3.8) is 0 Å². The van der Waals surface area contributed by atoms with Gasteiger partial charge in [-0.1, -0.05) is 6.92 Å². The molecular weight excluding hydrogens is 278 g/mol. The summed E-state index contributed by atoms with van der Waals surface area (Å²) in [7, 11) is -3.75. The number of rotatable bonds is 8. The van der Waals surface area contributed by atoms with Crippen LogP contribution in [0.3, 0.4) is 0 Å². The van der Waals surface area contributed by atoms with Crippen LogP contribution in [0.5, 0.6) is 0 Å². The van der Waals surface area contributed by atoms with Crippen LogP contribution in [0.1, 0.15) is 23.9 Å². The largest absolute Gasteiger partial charge is 0.475 e. The number of aromatic carboxylic acids is 1. The number of hydrogen-bond donors (Lipinski definition) is 2. The van der Waals surface area contributed by atoms with Crippen LogP contribution >= 0.6 is 11.8 Å². The molecule has 1 heterocycles. The molecule has 0 aliphatic rings. The zero-order valence-electron chi connectivity index (χ0n) is 9.88. The summed E-state index contributed by atoms with van der Waals surface area (Å²) >= 11 is 1.73. The molecule has 1 rings (SSSR count). The van der Waals surface area contributed by atoms with Crippen molar-refractivity contribution in [2.24, 2.45) is 0 Å². The maximum absolute atomic E-state index is 11.7. The minimum Gasteiger partial charge on any atom is -0.475 e. The molecule has 0 fully saturated rings. The highest BCUT2D eigenvalue weighted by molar-refractivity contribution is 7.99. The van der Waals surface area contributed by atoms with Crippen LogP contribution < -0.4 is 4.72 Å². The first-order valence-corrected chi connectivity index (χ1v) is 8.01. The van der Waals surface area contributed by atoms with Crippen LogP contribution in [0.15, 0.2) is 21.6 Å². The molecule has 0 saturated carbocycles. The number of carbonyl (C=O) groups is 1. The van der Waals surface area contributed by atoms with Crippen molar-refractivity contribution in [2.45, 2.75) is 18.4 Å². The SMILES string of the molecule is CCSCCCNS(=O)(=O)c1ccc(C(=O)O)o1. The standard InChI is InChI=1S/C10H15NO5S2/c1-2-17-7-3-6-11-18(14,15)9-5-4-8(16-9)10(12)13/h4-5,11H,2-3,6-7H2,1H3,(H,12,13). The van der Waals surface area contributed by atoms with Gasteiger partial charge in [0, 0.05) is 6.54 Å². The van der Waals surface area contributed by atoms with E-state index in [0.29, 0.717) is 13.0 Å². The van der Waals surface area contributed by atoms with E-state index in [1.54, 1.807) is 11.8 Å². The second-order valence-electron chi connectivity index (χ2n) is 3.37. The van der Waals surface area contributed by atoms with Gasteiger partial charge >= 0.3 is 5.97 Å². The highest BCUT2D eigenvalue weighted by Crippen LogP contribution is 2.13. The van der Waals surface area contributed by atoms with Crippen LogP contribution in [0.25, 0.3) is 0 Å². The van der Waals surface area contributed by atoms with E-state index in [9.17, 15) is 13.2 Å². The lowest BCUT2D eigenvalue weighted by molar-refractivity contribution is 0.0656. The second kappa shape index (κ2) is 6.81. The summed E-state index contributed by atoms with van der Waals surface area (Å²) in [5, 5.41) is 8.25. The van der Waals surface area contributed by atoms with E-state index < -0.39 is 21.8 Å². The predicted octanol–water partition coefficient (Wildman–Crippen LogP) is 1.40. The Hall–Kier alpha value is -0.990. The molecule has 0 atom stereocenters. The van der Waals surface area contributed by atoms with Crippen LogP contribution in [0.4, 0.5) is 0 Å². The number of carboxylic acid groups (broad SMARTS) is 1. The van der Waals surface area contributed by atoms with Gasteiger partial charge in [0.1, 0.15) is 0 Å². The average molecular weight is 293 g/mol. The summed E-state index contributed by atoms with van der Waals surface area (Å²) in [6.45, 7) is 2.34. The Morgan fingerprint density at radius 3 is 2.78 bits per heavy atom. The molecule has 8 heteroatoms. The maximum atomic E-state index is 11.7. The van der Waals surface area contributed by atoms with Gasteiger partial charge in [0.15, 0.2) is 0 Å². The number of nitrogens with one attached hydrogen (secondary N) is 1. The van der Waals surface area contributed by atoms with Gasteiger partial charge in [-0.25, -0.2) is 17.9 Å². The van der Waals surface area contributed by atoms with E-state index in [1.807, 2.05) is 6.92 Å². The molecule has 0 aromatic carbocycles. The van der Waals surface area contributed by atoms with Crippen molar-refractivity contribution in [3.05, 3.63) is 17.9 Å². The minimum absolute atomic E-state index is 0.304. The van der Waals surface area contributed by atoms with E-state index in [4.69, 9.17) is 9.52 Å². The summed E-state index contributed by atoms with van der Waals surface area (Å²) in [4.78, 5) is 10.6. The monoisotopic (exact) mass is 293 g/mol. The fourth-order valence-corrected chi connectivity index (χ4v) is 2.81. The van der Waals surface area contributed by atoms with Gasteiger partial charge in [-0.2, -0.15) is 11.8 Å². The number of carboxylic acids is 1. The Morgan fingerprint density at radius 1 is 1.50 bits per heavy atom. The van der Waals surface area contributed by atoms with Crippen molar-refractivity contribution in [3.8, 4) is 0 Å².